The predicted molar refractivity (Wildman–Crippen MR) is 84.0 cm³/mol. The topological polar surface area (TPSA) is 62.1 Å². The summed E-state index contributed by atoms with van der Waals surface area (Å²) >= 11 is 6.17. The van der Waals surface area contributed by atoms with E-state index < -0.39 is 5.79 Å². The quantitative estimate of drug-likeness (QED) is 0.790. The van der Waals surface area contributed by atoms with Crippen molar-refractivity contribution in [3.8, 4) is 0 Å². The molecule has 1 saturated heterocycles. The molecule has 5 rings (SSSR count). The lowest BCUT2D eigenvalue weighted by Gasteiger charge is -2.25. The molecule has 23 heavy (non-hydrogen) atoms. The first-order valence-corrected chi connectivity index (χ1v) is 8.55. The van der Waals surface area contributed by atoms with E-state index in [-0.39, 0.29) is 17.7 Å². The van der Waals surface area contributed by atoms with Crippen molar-refractivity contribution in [2.75, 3.05) is 0 Å². The van der Waals surface area contributed by atoms with Crippen molar-refractivity contribution < 1.29 is 9.47 Å². The van der Waals surface area contributed by atoms with Crippen LogP contribution in [-0.4, -0.2) is 37.5 Å². The Morgan fingerprint density at radius 2 is 2.13 bits per heavy atom. The number of nitrogens with zero attached hydrogens (tertiary/aromatic N) is 4. The number of aromatic nitrogens is 4. The molecule has 122 valence electrons. The van der Waals surface area contributed by atoms with E-state index in [2.05, 4.69) is 26.4 Å². The standard InChI is InChI=1S/C16H19ClN4O2/c1-4-8-9-5-16(9,12-11(8)22-15(2,3)23-12)21-7-20-10-13(17)18-6-19-14(10)21/h6-9,11-12H,4-5H2,1-3H3/t8-,9-,11+,12?,16-/m0/s1. The molecule has 2 aliphatic carbocycles. The average Bonchev–Trinajstić information content (AvgIpc) is 2.82. The predicted octanol–water partition coefficient (Wildman–Crippen LogP) is 2.75. The molecule has 3 aliphatic rings. The lowest BCUT2D eigenvalue weighted by molar-refractivity contribution is -0.161. The van der Waals surface area contributed by atoms with Crippen molar-refractivity contribution in [2.45, 2.75) is 57.1 Å². The second-order valence-corrected chi connectivity index (χ2v) is 7.70. The largest absolute Gasteiger partial charge is 0.344 e. The van der Waals surface area contributed by atoms with Gasteiger partial charge in [-0.1, -0.05) is 24.9 Å². The van der Waals surface area contributed by atoms with Gasteiger partial charge < -0.3 is 14.0 Å². The van der Waals surface area contributed by atoms with Gasteiger partial charge in [0.15, 0.2) is 16.6 Å². The van der Waals surface area contributed by atoms with Crippen molar-refractivity contribution in [2.24, 2.45) is 11.8 Å². The van der Waals surface area contributed by atoms with Gasteiger partial charge in [0.1, 0.15) is 17.9 Å². The van der Waals surface area contributed by atoms with Crippen molar-refractivity contribution >= 4 is 22.8 Å². The third kappa shape index (κ3) is 1.64. The van der Waals surface area contributed by atoms with Crippen LogP contribution in [0.5, 0.6) is 0 Å². The number of hydrogen-bond donors (Lipinski definition) is 0. The van der Waals surface area contributed by atoms with Crippen LogP contribution in [0, 0.1) is 11.8 Å². The van der Waals surface area contributed by atoms with Crippen LogP contribution < -0.4 is 0 Å². The minimum absolute atomic E-state index is 0.0404. The van der Waals surface area contributed by atoms with Gasteiger partial charge in [0, 0.05) is 0 Å². The molecular formula is C16H19ClN4O2. The van der Waals surface area contributed by atoms with Gasteiger partial charge in [0.25, 0.3) is 0 Å². The molecule has 0 N–H and O–H groups in total. The van der Waals surface area contributed by atoms with E-state index in [1.165, 1.54) is 6.33 Å². The van der Waals surface area contributed by atoms with Crippen LogP contribution in [0.25, 0.3) is 11.2 Å². The monoisotopic (exact) mass is 334 g/mol. The summed E-state index contributed by atoms with van der Waals surface area (Å²) in [5.74, 6) is 0.521. The zero-order valence-electron chi connectivity index (χ0n) is 13.4. The Morgan fingerprint density at radius 1 is 1.30 bits per heavy atom. The van der Waals surface area contributed by atoms with Gasteiger partial charge in [-0.2, -0.15) is 0 Å². The molecule has 2 aromatic rings. The minimum atomic E-state index is -0.535. The molecule has 5 atom stereocenters. The number of rotatable bonds is 2. The Bertz CT molecular complexity index is 806. The van der Waals surface area contributed by atoms with Gasteiger partial charge in [-0.15, -0.1) is 0 Å². The summed E-state index contributed by atoms with van der Waals surface area (Å²) < 4.78 is 14.7. The molecule has 0 amide bonds. The fourth-order valence-corrected chi connectivity index (χ4v) is 5.08. The Hall–Kier alpha value is -1.24. The van der Waals surface area contributed by atoms with Crippen LogP contribution in [0.1, 0.15) is 33.6 Å². The summed E-state index contributed by atoms with van der Waals surface area (Å²) in [5, 5.41) is 0.396. The number of fused-ring (bicyclic) bond motifs is 4. The molecule has 3 fully saturated rings. The van der Waals surface area contributed by atoms with Crippen molar-refractivity contribution in [1.29, 1.82) is 0 Å². The molecule has 3 heterocycles. The molecule has 1 unspecified atom stereocenters. The smallest absolute Gasteiger partial charge is 0.165 e. The maximum atomic E-state index is 6.32. The van der Waals surface area contributed by atoms with E-state index >= 15 is 0 Å². The highest BCUT2D eigenvalue weighted by Gasteiger charge is 2.76. The van der Waals surface area contributed by atoms with Crippen molar-refractivity contribution in [1.82, 2.24) is 19.5 Å². The number of hydrogen-bond acceptors (Lipinski definition) is 5. The molecule has 2 saturated carbocycles. The SMILES string of the molecule is CC[C@@H]1[C@H]2OC(C)(C)OC2[C@]2(n3cnc4c(Cl)ncnc43)C[C@@H]12. The second-order valence-electron chi connectivity index (χ2n) is 7.35. The molecule has 1 aliphatic heterocycles. The van der Waals surface area contributed by atoms with Gasteiger partial charge in [-0.25, -0.2) is 15.0 Å². The van der Waals surface area contributed by atoms with Crippen LogP contribution in [0.15, 0.2) is 12.7 Å². The minimum Gasteiger partial charge on any atom is -0.344 e. The lowest BCUT2D eigenvalue weighted by atomic mass is 9.97. The fraction of sp³-hybridized carbons (Fsp3) is 0.688. The first-order chi connectivity index (χ1) is 11.0. The highest BCUT2D eigenvalue weighted by atomic mass is 35.5. The van der Waals surface area contributed by atoms with Gasteiger partial charge in [0.2, 0.25) is 0 Å². The zero-order chi connectivity index (χ0) is 16.0. The average molecular weight is 335 g/mol. The van der Waals surface area contributed by atoms with Crippen LogP contribution in [0.4, 0.5) is 0 Å². The van der Waals surface area contributed by atoms with Crippen LogP contribution >= 0.6 is 11.6 Å². The summed E-state index contributed by atoms with van der Waals surface area (Å²) in [7, 11) is 0. The summed E-state index contributed by atoms with van der Waals surface area (Å²) in [6, 6.07) is 0. The Balaban J connectivity index is 1.66. The highest BCUT2D eigenvalue weighted by molar-refractivity contribution is 6.33. The highest BCUT2D eigenvalue weighted by Crippen LogP contribution is 2.69. The van der Waals surface area contributed by atoms with E-state index in [9.17, 15) is 0 Å². The van der Waals surface area contributed by atoms with Gasteiger partial charge in [0.05, 0.1) is 18.0 Å². The molecule has 0 radical (unpaired) electrons. The number of ether oxygens (including phenoxy) is 2. The van der Waals surface area contributed by atoms with E-state index in [1.54, 1.807) is 0 Å². The van der Waals surface area contributed by atoms with Gasteiger partial charge in [-0.05, 0) is 32.1 Å². The third-order valence-electron chi connectivity index (χ3n) is 5.80. The van der Waals surface area contributed by atoms with Crippen molar-refractivity contribution in [3.05, 3.63) is 17.8 Å². The van der Waals surface area contributed by atoms with Crippen LogP contribution in [0.3, 0.4) is 0 Å². The Labute approximate surface area is 139 Å². The van der Waals surface area contributed by atoms with E-state index in [0.29, 0.717) is 22.5 Å². The molecule has 2 aromatic heterocycles. The first-order valence-electron chi connectivity index (χ1n) is 8.17. The van der Waals surface area contributed by atoms with E-state index in [1.807, 2.05) is 20.2 Å². The number of halogens is 1. The van der Waals surface area contributed by atoms with E-state index in [0.717, 1.165) is 18.5 Å². The normalized spacial score (nSPS) is 40.3. The van der Waals surface area contributed by atoms with Crippen LogP contribution in [-0.2, 0) is 15.0 Å². The molecule has 0 aromatic carbocycles. The Morgan fingerprint density at radius 3 is 2.91 bits per heavy atom. The van der Waals surface area contributed by atoms with Crippen LogP contribution in [0.2, 0.25) is 5.15 Å². The maximum Gasteiger partial charge on any atom is 0.165 e. The van der Waals surface area contributed by atoms with Gasteiger partial charge >= 0.3 is 0 Å². The summed E-state index contributed by atoms with van der Waals surface area (Å²) in [5.41, 5.74) is 1.34. The fourth-order valence-electron chi connectivity index (χ4n) is 4.90. The molecule has 7 heteroatoms. The molecular weight excluding hydrogens is 316 g/mol. The summed E-state index contributed by atoms with van der Waals surface area (Å²) in [4.78, 5) is 12.9. The van der Waals surface area contributed by atoms with Crippen molar-refractivity contribution in [3.63, 3.8) is 0 Å². The van der Waals surface area contributed by atoms with E-state index in [4.69, 9.17) is 21.1 Å². The summed E-state index contributed by atoms with van der Waals surface area (Å²) in [6.45, 7) is 6.22. The zero-order valence-corrected chi connectivity index (χ0v) is 14.1. The molecule has 0 spiro atoms. The first kappa shape index (κ1) is 14.1. The molecule has 6 nitrogen and oxygen atoms in total. The lowest BCUT2D eigenvalue weighted by Crippen LogP contribution is -2.36. The molecule has 0 bridgehead atoms. The van der Waals surface area contributed by atoms with Gasteiger partial charge in [-0.3, -0.25) is 0 Å². The third-order valence-corrected chi connectivity index (χ3v) is 6.07. The Kier molecular flexibility index (Phi) is 2.60. The second kappa shape index (κ2) is 4.23. The summed E-state index contributed by atoms with van der Waals surface area (Å²) in [6.07, 6.45) is 5.70. The number of imidazole rings is 1. The maximum absolute atomic E-state index is 6.32.